The molecular formula is C22H18ClN3O2S2. The van der Waals surface area contributed by atoms with E-state index in [2.05, 4.69) is 10.3 Å². The molecule has 2 heterocycles. The molecule has 4 rings (SSSR count). The number of aromatic nitrogens is 2. The lowest BCUT2D eigenvalue weighted by Crippen LogP contribution is -2.23. The number of thioether (sulfide) groups is 1. The van der Waals surface area contributed by atoms with E-state index in [-0.39, 0.29) is 17.2 Å². The first-order chi connectivity index (χ1) is 14.5. The molecule has 0 saturated carbocycles. The summed E-state index contributed by atoms with van der Waals surface area (Å²) in [5.74, 6) is -0.120. The predicted molar refractivity (Wildman–Crippen MR) is 125 cm³/mol. The first-order valence-electron chi connectivity index (χ1n) is 9.19. The minimum Gasteiger partial charge on any atom is -0.324 e. The molecule has 30 heavy (non-hydrogen) atoms. The zero-order chi connectivity index (χ0) is 21.3. The van der Waals surface area contributed by atoms with Crippen molar-refractivity contribution in [3.63, 3.8) is 0 Å². The van der Waals surface area contributed by atoms with Crippen LogP contribution in [0.1, 0.15) is 11.1 Å². The molecule has 0 saturated heterocycles. The van der Waals surface area contributed by atoms with Crippen molar-refractivity contribution in [1.29, 1.82) is 0 Å². The average molecular weight is 456 g/mol. The van der Waals surface area contributed by atoms with Crippen molar-refractivity contribution in [2.24, 2.45) is 0 Å². The lowest BCUT2D eigenvalue weighted by molar-refractivity contribution is -0.113. The van der Waals surface area contributed by atoms with Gasteiger partial charge >= 0.3 is 0 Å². The van der Waals surface area contributed by atoms with Crippen molar-refractivity contribution in [3.8, 4) is 5.69 Å². The van der Waals surface area contributed by atoms with Crippen LogP contribution >= 0.6 is 34.7 Å². The third kappa shape index (κ3) is 4.01. The van der Waals surface area contributed by atoms with E-state index < -0.39 is 0 Å². The Kier molecular flexibility index (Phi) is 5.94. The van der Waals surface area contributed by atoms with Crippen LogP contribution in [0.15, 0.2) is 63.9 Å². The zero-order valence-electron chi connectivity index (χ0n) is 16.3. The molecule has 1 N–H and O–H groups in total. The van der Waals surface area contributed by atoms with Crippen LogP contribution in [0, 0.1) is 13.8 Å². The number of fused-ring (bicyclic) bond motifs is 1. The highest BCUT2D eigenvalue weighted by molar-refractivity contribution is 7.99. The zero-order valence-corrected chi connectivity index (χ0v) is 18.7. The lowest BCUT2D eigenvalue weighted by Gasteiger charge is -2.14. The standard InChI is InChI=1S/C22H18ClN3O2S2/c1-13-6-3-4-9-17(13)26-21(28)20-16(10-11-29-20)24-22(26)30-12-18(27)25-19-14(2)7-5-8-15(19)23/h3-11H,12H2,1-2H3,(H,25,27). The van der Waals surface area contributed by atoms with Gasteiger partial charge in [-0.1, -0.05) is 53.7 Å². The van der Waals surface area contributed by atoms with Crippen LogP contribution in [0.3, 0.4) is 0 Å². The minimum absolute atomic E-state index is 0.0959. The van der Waals surface area contributed by atoms with Gasteiger partial charge in [0.2, 0.25) is 5.91 Å². The molecule has 4 aromatic rings. The van der Waals surface area contributed by atoms with Gasteiger partial charge in [-0.2, -0.15) is 0 Å². The quantitative estimate of drug-likeness (QED) is 0.321. The fraction of sp³-hybridized carbons (Fsp3) is 0.136. The SMILES string of the molecule is Cc1ccccc1-n1c(SCC(=O)Nc2c(C)cccc2Cl)nc2ccsc2c1=O. The number of aryl methyl sites for hydroxylation is 2. The Hall–Kier alpha value is -2.61. The number of anilines is 1. The van der Waals surface area contributed by atoms with Gasteiger partial charge in [-0.3, -0.25) is 14.2 Å². The highest BCUT2D eigenvalue weighted by atomic mass is 35.5. The summed E-state index contributed by atoms with van der Waals surface area (Å²) in [6.45, 7) is 3.83. The van der Waals surface area contributed by atoms with E-state index in [4.69, 9.17) is 11.6 Å². The van der Waals surface area contributed by atoms with Gasteiger partial charge in [-0.15, -0.1) is 11.3 Å². The molecule has 8 heteroatoms. The normalized spacial score (nSPS) is 11.0. The van der Waals surface area contributed by atoms with Crippen LogP contribution in [-0.4, -0.2) is 21.2 Å². The van der Waals surface area contributed by atoms with Crippen molar-refractivity contribution < 1.29 is 4.79 Å². The fourth-order valence-corrected chi connectivity index (χ4v) is 4.95. The summed E-state index contributed by atoms with van der Waals surface area (Å²) in [6.07, 6.45) is 0. The van der Waals surface area contributed by atoms with Gasteiger partial charge in [0.25, 0.3) is 5.56 Å². The summed E-state index contributed by atoms with van der Waals surface area (Å²) in [7, 11) is 0. The third-order valence-corrected chi connectivity index (χ3v) is 6.77. The monoisotopic (exact) mass is 455 g/mol. The molecule has 0 aliphatic heterocycles. The van der Waals surface area contributed by atoms with Crippen LogP contribution < -0.4 is 10.9 Å². The van der Waals surface area contributed by atoms with E-state index in [1.807, 2.05) is 61.7 Å². The van der Waals surface area contributed by atoms with E-state index in [0.29, 0.717) is 26.1 Å². The second-order valence-electron chi connectivity index (χ2n) is 6.72. The van der Waals surface area contributed by atoms with Crippen LogP contribution in [0.5, 0.6) is 0 Å². The van der Waals surface area contributed by atoms with Gasteiger partial charge in [0.1, 0.15) is 4.70 Å². The smallest absolute Gasteiger partial charge is 0.276 e. The molecule has 0 atom stereocenters. The number of carbonyl (C=O) groups is 1. The summed E-state index contributed by atoms with van der Waals surface area (Å²) in [5, 5.41) is 5.68. The Morgan fingerprint density at radius 1 is 1.13 bits per heavy atom. The molecular weight excluding hydrogens is 438 g/mol. The molecule has 2 aromatic heterocycles. The number of carbonyl (C=O) groups excluding carboxylic acids is 1. The number of amides is 1. The van der Waals surface area contributed by atoms with Gasteiger partial charge in [-0.25, -0.2) is 4.98 Å². The second kappa shape index (κ2) is 8.63. The summed E-state index contributed by atoms with van der Waals surface area (Å²) < 4.78 is 2.19. The number of benzene rings is 2. The number of nitrogens with zero attached hydrogens (tertiary/aromatic N) is 2. The molecule has 0 unspecified atom stereocenters. The van der Waals surface area contributed by atoms with Crippen LogP contribution in [0.4, 0.5) is 5.69 Å². The largest absolute Gasteiger partial charge is 0.324 e. The predicted octanol–water partition coefficient (Wildman–Crippen LogP) is 5.45. The van der Waals surface area contributed by atoms with Crippen LogP contribution in [0.2, 0.25) is 5.02 Å². The number of hydrogen-bond acceptors (Lipinski definition) is 5. The number of halogens is 1. The molecule has 0 bridgehead atoms. The Morgan fingerprint density at radius 3 is 2.67 bits per heavy atom. The summed E-state index contributed by atoms with van der Waals surface area (Å²) in [6, 6.07) is 14.9. The molecule has 0 radical (unpaired) electrons. The first kappa shape index (κ1) is 20.7. The van der Waals surface area contributed by atoms with Crippen molar-refractivity contribution >= 4 is 56.5 Å². The third-order valence-electron chi connectivity index (χ3n) is 4.62. The molecule has 0 aliphatic carbocycles. The lowest BCUT2D eigenvalue weighted by atomic mass is 10.2. The number of nitrogens with one attached hydrogen (secondary N) is 1. The topological polar surface area (TPSA) is 64.0 Å². The van der Waals surface area contributed by atoms with E-state index in [1.54, 1.807) is 10.6 Å². The average Bonchev–Trinajstić information content (AvgIpc) is 3.19. The Labute approximate surface area is 186 Å². The van der Waals surface area contributed by atoms with E-state index in [9.17, 15) is 9.59 Å². The Bertz CT molecular complexity index is 1290. The van der Waals surface area contributed by atoms with Gasteiger partial charge in [0.05, 0.1) is 27.7 Å². The number of thiophene rings is 1. The fourth-order valence-electron chi connectivity index (χ4n) is 3.11. The highest BCUT2D eigenvalue weighted by Gasteiger charge is 2.17. The number of hydrogen-bond donors (Lipinski definition) is 1. The maximum Gasteiger partial charge on any atom is 0.276 e. The van der Waals surface area contributed by atoms with Crippen molar-refractivity contribution in [2.45, 2.75) is 19.0 Å². The van der Waals surface area contributed by atoms with Gasteiger partial charge in [-0.05, 0) is 48.6 Å². The van der Waals surface area contributed by atoms with Crippen molar-refractivity contribution in [2.75, 3.05) is 11.1 Å². The Balaban J connectivity index is 1.67. The van der Waals surface area contributed by atoms with E-state index in [0.717, 1.165) is 16.8 Å². The van der Waals surface area contributed by atoms with Crippen molar-refractivity contribution in [3.05, 3.63) is 80.4 Å². The maximum absolute atomic E-state index is 13.2. The van der Waals surface area contributed by atoms with Crippen LogP contribution in [-0.2, 0) is 4.79 Å². The van der Waals surface area contributed by atoms with Gasteiger partial charge < -0.3 is 5.32 Å². The first-order valence-corrected chi connectivity index (χ1v) is 11.4. The maximum atomic E-state index is 13.2. The van der Waals surface area contributed by atoms with E-state index in [1.165, 1.54) is 23.1 Å². The number of rotatable bonds is 5. The Morgan fingerprint density at radius 2 is 1.90 bits per heavy atom. The summed E-state index contributed by atoms with van der Waals surface area (Å²) in [5.41, 5.74) is 3.71. The van der Waals surface area contributed by atoms with Crippen molar-refractivity contribution in [1.82, 2.24) is 9.55 Å². The summed E-state index contributed by atoms with van der Waals surface area (Å²) >= 11 is 8.80. The van der Waals surface area contributed by atoms with E-state index >= 15 is 0 Å². The van der Waals surface area contributed by atoms with Crippen LogP contribution in [0.25, 0.3) is 15.9 Å². The van der Waals surface area contributed by atoms with Gasteiger partial charge in [0, 0.05) is 0 Å². The molecule has 0 fully saturated rings. The number of para-hydroxylation sites is 2. The molecule has 5 nitrogen and oxygen atoms in total. The second-order valence-corrected chi connectivity index (χ2v) is 8.99. The molecule has 0 aliphatic rings. The van der Waals surface area contributed by atoms with Gasteiger partial charge in [0.15, 0.2) is 5.16 Å². The molecule has 1 amide bonds. The molecule has 2 aromatic carbocycles. The highest BCUT2D eigenvalue weighted by Crippen LogP contribution is 2.27. The molecule has 152 valence electrons. The minimum atomic E-state index is -0.216. The molecule has 0 spiro atoms. The summed E-state index contributed by atoms with van der Waals surface area (Å²) in [4.78, 5) is 30.4.